The highest BCUT2D eigenvalue weighted by atomic mass is 16.6. The third-order valence-electron chi connectivity index (χ3n) is 4.79. The molecule has 1 aromatic rings. The molecule has 1 saturated heterocycles. The number of ether oxygens (including phenoxy) is 2. The summed E-state index contributed by atoms with van der Waals surface area (Å²) in [7, 11) is 1.42. The Morgan fingerprint density at radius 1 is 1.12 bits per heavy atom. The van der Waals surface area contributed by atoms with Gasteiger partial charge in [-0.3, -0.25) is 4.79 Å². The molecule has 25 heavy (non-hydrogen) atoms. The van der Waals surface area contributed by atoms with E-state index in [9.17, 15) is 9.59 Å². The number of carbonyl (C=O) groups is 2. The van der Waals surface area contributed by atoms with Crippen molar-refractivity contribution in [3.05, 3.63) is 35.9 Å². The van der Waals surface area contributed by atoms with Crippen LogP contribution in [-0.4, -0.2) is 42.8 Å². The van der Waals surface area contributed by atoms with E-state index in [0.717, 1.165) is 19.3 Å². The van der Waals surface area contributed by atoms with E-state index in [1.807, 2.05) is 39.0 Å². The normalized spacial score (nSPS) is 17.0. The summed E-state index contributed by atoms with van der Waals surface area (Å²) in [4.78, 5) is 25.7. The first kappa shape index (κ1) is 19.3. The van der Waals surface area contributed by atoms with Crippen LogP contribution in [0.15, 0.2) is 30.3 Å². The Morgan fingerprint density at radius 2 is 1.72 bits per heavy atom. The fourth-order valence-electron chi connectivity index (χ4n) is 3.36. The van der Waals surface area contributed by atoms with Crippen molar-refractivity contribution in [2.45, 2.75) is 57.5 Å². The molecule has 1 heterocycles. The van der Waals surface area contributed by atoms with Gasteiger partial charge in [-0.25, -0.2) is 4.79 Å². The lowest BCUT2D eigenvalue weighted by Crippen LogP contribution is -2.47. The van der Waals surface area contributed by atoms with Gasteiger partial charge in [-0.05, 0) is 51.0 Å². The standard InChI is InChI=1S/C20H29NO4/c1-19(2,3)25-18(23)21-14-12-20(13-15-21,11-10-17(22)24-4)16-8-6-5-7-9-16/h5-9H,10-15H2,1-4H3. The molecule has 0 unspecified atom stereocenters. The first-order chi connectivity index (χ1) is 11.8. The maximum Gasteiger partial charge on any atom is 0.410 e. The maximum absolute atomic E-state index is 12.3. The summed E-state index contributed by atoms with van der Waals surface area (Å²) in [6.07, 6.45) is 2.48. The van der Waals surface area contributed by atoms with Gasteiger partial charge in [0.05, 0.1) is 7.11 Å². The third-order valence-corrected chi connectivity index (χ3v) is 4.79. The van der Waals surface area contributed by atoms with E-state index in [1.54, 1.807) is 4.90 Å². The van der Waals surface area contributed by atoms with E-state index in [-0.39, 0.29) is 17.5 Å². The number of rotatable bonds is 4. The van der Waals surface area contributed by atoms with Crippen molar-refractivity contribution in [2.24, 2.45) is 0 Å². The first-order valence-corrected chi connectivity index (χ1v) is 8.86. The fraction of sp³-hybridized carbons (Fsp3) is 0.600. The Hall–Kier alpha value is -2.04. The summed E-state index contributed by atoms with van der Waals surface area (Å²) in [5.41, 5.74) is 0.631. The number of hydrogen-bond donors (Lipinski definition) is 0. The molecule has 1 fully saturated rings. The molecule has 5 nitrogen and oxygen atoms in total. The highest BCUT2D eigenvalue weighted by Gasteiger charge is 2.38. The number of hydrogen-bond acceptors (Lipinski definition) is 4. The van der Waals surface area contributed by atoms with Crippen LogP contribution in [0.4, 0.5) is 4.79 Å². The van der Waals surface area contributed by atoms with E-state index in [0.29, 0.717) is 19.5 Å². The molecule has 0 radical (unpaired) electrons. The number of carbonyl (C=O) groups excluding carboxylic acids is 2. The molecule has 1 amide bonds. The lowest BCUT2D eigenvalue weighted by Gasteiger charge is -2.42. The molecular weight excluding hydrogens is 318 g/mol. The lowest BCUT2D eigenvalue weighted by molar-refractivity contribution is -0.141. The van der Waals surface area contributed by atoms with Crippen LogP contribution < -0.4 is 0 Å². The largest absolute Gasteiger partial charge is 0.469 e. The molecule has 0 atom stereocenters. The zero-order valence-corrected chi connectivity index (χ0v) is 15.7. The van der Waals surface area contributed by atoms with Crippen molar-refractivity contribution in [3.63, 3.8) is 0 Å². The van der Waals surface area contributed by atoms with Gasteiger partial charge in [0.2, 0.25) is 0 Å². The molecule has 0 aromatic heterocycles. The number of amides is 1. The summed E-state index contributed by atoms with van der Waals surface area (Å²) in [5, 5.41) is 0. The van der Waals surface area contributed by atoms with E-state index < -0.39 is 5.60 Å². The number of esters is 1. The van der Waals surface area contributed by atoms with Crippen LogP contribution in [0.1, 0.15) is 52.0 Å². The predicted molar refractivity (Wildman–Crippen MR) is 96.4 cm³/mol. The molecule has 2 rings (SSSR count). The first-order valence-electron chi connectivity index (χ1n) is 8.86. The number of nitrogens with zero attached hydrogens (tertiary/aromatic N) is 1. The van der Waals surface area contributed by atoms with Crippen molar-refractivity contribution in [1.29, 1.82) is 0 Å². The molecule has 5 heteroatoms. The summed E-state index contributed by atoms with van der Waals surface area (Å²) in [5.74, 6) is -0.190. The highest BCUT2D eigenvalue weighted by Crippen LogP contribution is 2.40. The smallest absolute Gasteiger partial charge is 0.410 e. The van der Waals surface area contributed by atoms with Crippen molar-refractivity contribution in [3.8, 4) is 0 Å². The molecule has 0 bridgehead atoms. The van der Waals surface area contributed by atoms with Gasteiger partial charge in [0, 0.05) is 19.5 Å². The summed E-state index contributed by atoms with van der Waals surface area (Å²) in [6, 6.07) is 10.3. The van der Waals surface area contributed by atoms with Crippen LogP contribution in [0.25, 0.3) is 0 Å². The third kappa shape index (κ3) is 5.21. The van der Waals surface area contributed by atoms with Crippen molar-refractivity contribution >= 4 is 12.1 Å². The summed E-state index contributed by atoms with van der Waals surface area (Å²) in [6.45, 7) is 6.88. The van der Waals surface area contributed by atoms with Gasteiger partial charge in [0.15, 0.2) is 0 Å². The maximum atomic E-state index is 12.3. The van der Waals surface area contributed by atoms with Crippen LogP contribution >= 0.6 is 0 Å². The van der Waals surface area contributed by atoms with Crippen LogP contribution in [0.3, 0.4) is 0 Å². The van der Waals surface area contributed by atoms with Crippen molar-refractivity contribution in [1.82, 2.24) is 4.90 Å². The van der Waals surface area contributed by atoms with Crippen LogP contribution in [0, 0.1) is 0 Å². The molecule has 1 aliphatic rings. The molecule has 138 valence electrons. The summed E-state index contributed by atoms with van der Waals surface area (Å²) >= 11 is 0. The van der Waals surface area contributed by atoms with E-state index in [2.05, 4.69) is 12.1 Å². The minimum atomic E-state index is -0.490. The molecule has 1 aliphatic heterocycles. The Balaban J connectivity index is 2.09. The molecule has 0 N–H and O–H groups in total. The second-order valence-electron chi connectivity index (χ2n) is 7.69. The monoisotopic (exact) mass is 347 g/mol. The Bertz CT molecular complexity index is 583. The quantitative estimate of drug-likeness (QED) is 0.775. The van der Waals surface area contributed by atoms with Gasteiger partial charge < -0.3 is 14.4 Å². The lowest BCUT2D eigenvalue weighted by atomic mass is 9.70. The van der Waals surface area contributed by atoms with Gasteiger partial charge in [-0.2, -0.15) is 0 Å². The Morgan fingerprint density at radius 3 is 2.24 bits per heavy atom. The minimum absolute atomic E-state index is 0.103. The van der Waals surface area contributed by atoms with E-state index in [4.69, 9.17) is 9.47 Å². The van der Waals surface area contributed by atoms with Crippen LogP contribution in [0.5, 0.6) is 0 Å². The van der Waals surface area contributed by atoms with Gasteiger partial charge in [-0.1, -0.05) is 30.3 Å². The number of benzene rings is 1. The predicted octanol–water partition coefficient (Wildman–Crippen LogP) is 3.91. The zero-order chi connectivity index (χ0) is 18.5. The Labute approximate surface area is 150 Å². The number of piperidine rings is 1. The number of methoxy groups -OCH3 is 1. The number of likely N-dealkylation sites (tertiary alicyclic amines) is 1. The Kier molecular flexibility index (Phi) is 6.09. The fourth-order valence-corrected chi connectivity index (χ4v) is 3.36. The molecule has 1 aromatic carbocycles. The molecule has 0 saturated carbocycles. The SMILES string of the molecule is COC(=O)CCC1(c2ccccc2)CCN(C(=O)OC(C)(C)C)CC1. The van der Waals surface area contributed by atoms with Crippen LogP contribution in [0.2, 0.25) is 0 Å². The second-order valence-corrected chi connectivity index (χ2v) is 7.69. The van der Waals surface area contributed by atoms with Gasteiger partial charge in [0.1, 0.15) is 5.60 Å². The van der Waals surface area contributed by atoms with Gasteiger partial charge in [-0.15, -0.1) is 0 Å². The zero-order valence-electron chi connectivity index (χ0n) is 15.7. The van der Waals surface area contributed by atoms with Gasteiger partial charge in [0.25, 0.3) is 0 Å². The van der Waals surface area contributed by atoms with E-state index in [1.165, 1.54) is 12.7 Å². The van der Waals surface area contributed by atoms with Gasteiger partial charge >= 0.3 is 12.1 Å². The minimum Gasteiger partial charge on any atom is -0.469 e. The van der Waals surface area contributed by atoms with Crippen molar-refractivity contribution in [2.75, 3.05) is 20.2 Å². The molecule has 0 spiro atoms. The topological polar surface area (TPSA) is 55.8 Å². The van der Waals surface area contributed by atoms with Crippen LogP contribution in [-0.2, 0) is 19.7 Å². The highest BCUT2D eigenvalue weighted by molar-refractivity contribution is 5.69. The van der Waals surface area contributed by atoms with Crippen molar-refractivity contribution < 1.29 is 19.1 Å². The van der Waals surface area contributed by atoms with E-state index >= 15 is 0 Å². The average Bonchev–Trinajstić information content (AvgIpc) is 2.59. The second kappa shape index (κ2) is 7.89. The molecule has 0 aliphatic carbocycles. The average molecular weight is 347 g/mol. The summed E-state index contributed by atoms with van der Waals surface area (Å²) < 4.78 is 10.3. The molecular formula is C20H29NO4.